The summed E-state index contributed by atoms with van der Waals surface area (Å²) in [5, 5.41) is 7.83. The fraction of sp³-hybridized carbons (Fsp3) is 0.167. The van der Waals surface area contributed by atoms with E-state index in [4.69, 9.17) is 16.2 Å². The lowest BCUT2D eigenvalue weighted by Crippen LogP contribution is -2.05. The minimum atomic E-state index is 0.0849. The number of methoxy groups -OCH3 is 1. The van der Waals surface area contributed by atoms with Crippen LogP contribution in [-0.2, 0) is 0 Å². The summed E-state index contributed by atoms with van der Waals surface area (Å²) < 4.78 is 7.68. The van der Waals surface area contributed by atoms with Crippen molar-refractivity contribution in [2.45, 2.75) is 0 Å². The van der Waals surface area contributed by atoms with E-state index in [9.17, 15) is 0 Å². The van der Waals surface area contributed by atoms with Gasteiger partial charge in [0, 0.05) is 0 Å². The van der Waals surface area contributed by atoms with Crippen molar-refractivity contribution in [3.8, 4) is 6.01 Å². The molecule has 0 bridgehead atoms. The molecule has 0 aliphatic rings. The molecule has 3 aromatic rings. The van der Waals surface area contributed by atoms with Gasteiger partial charge in [-0.25, -0.2) is 0 Å². The third kappa shape index (κ3) is 0.973. The Morgan fingerprint density at radius 3 is 2.44 bits per heavy atom. The van der Waals surface area contributed by atoms with Crippen molar-refractivity contribution < 1.29 is 4.74 Å². The molecule has 0 amide bonds. The molecule has 0 spiro atoms. The Morgan fingerprint density at radius 1 is 1.00 bits per heavy atom. The molecule has 16 heavy (non-hydrogen) atoms. The summed E-state index contributed by atoms with van der Waals surface area (Å²) in [6.07, 6.45) is 0. The van der Waals surface area contributed by atoms with E-state index in [-0.39, 0.29) is 23.7 Å². The maximum Gasteiger partial charge on any atom is 0.324 e. The van der Waals surface area contributed by atoms with Crippen molar-refractivity contribution in [3.63, 3.8) is 0 Å². The molecule has 0 fully saturated rings. The summed E-state index contributed by atoms with van der Waals surface area (Å²) in [7, 11) is 1.45. The average molecular weight is 221 g/mol. The SMILES string of the molecule is COc1nc2nc(N)nn2c2nc(N)nn12. The Hall–Kier alpha value is -2.65. The second kappa shape index (κ2) is 2.68. The molecule has 3 rings (SSSR count). The van der Waals surface area contributed by atoms with E-state index in [1.165, 1.54) is 16.1 Å². The first kappa shape index (κ1) is 8.64. The van der Waals surface area contributed by atoms with Crippen LogP contribution in [0.5, 0.6) is 6.01 Å². The van der Waals surface area contributed by atoms with Crippen molar-refractivity contribution >= 4 is 23.5 Å². The van der Waals surface area contributed by atoms with Crippen molar-refractivity contribution in [2.75, 3.05) is 18.6 Å². The molecule has 4 N–H and O–H groups in total. The predicted octanol–water partition coefficient (Wildman–Crippen LogP) is -1.66. The zero-order valence-corrected chi connectivity index (χ0v) is 8.19. The van der Waals surface area contributed by atoms with Gasteiger partial charge in [-0.2, -0.15) is 19.5 Å². The quantitative estimate of drug-likeness (QED) is 0.498. The molecule has 3 aromatic heterocycles. The number of nitrogens with two attached hydrogens (primary N) is 2. The molecule has 0 atom stereocenters. The van der Waals surface area contributed by atoms with Gasteiger partial charge in [0.1, 0.15) is 0 Å². The Labute approximate surface area is 87.9 Å². The van der Waals surface area contributed by atoms with Crippen LogP contribution in [0.25, 0.3) is 11.6 Å². The molecule has 3 heterocycles. The maximum absolute atomic E-state index is 5.49. The van der Waals surface area contributed by atoms with Gasteiger partial charge in [-0.3, -0.25) is 0 Å². The summed E-state index contributed by atoms with van der Waals surface area (Å²) in [5.41, 5.74) is 11.0. The van der Waals surface area contributed by atoms with Gasteiger partial charge in [-0.15, -0.1) is 14.7 Å². The number of nitrogens with zero attached hydrogens (tertiary/aromatic N) is 7. The van der Waals surface area contributed by atoms with E-state index in [2.05, 4.69) is 25.1 Å². The number of fused-ring (bicyclic) bond motifs is 3. The van der Waals surface area contributed by atoms with Crippen molar-refractivity contribution in [3.05, 3.63) is 0 Å². The van der Waals surface area contributed by atoms with E-state index >= 15 is 0 Å². The minimum absolute atomic E-state index is 0.0849. The first-order chi connectivity index (χ1) is 7.69. The van der Waals surface area contributed by atoms with Gasteiger partial charge in [0.05, 0.1) is 7.11 Å². The van der Waals surface area contributed by atoms with Crippen LogP contribution in [0.1, 0.15) is 0 Å². The fourth-order valence-corrected chi connectivity index (χ4v) is 1.38. The topological polar surface area (TPSA) is 135 Å². The zero-order valence-electron chi connectivity index (χ0n) is 8.19. The molecular formula is C6H7N9O. The molecule has 0 aliphatic carbocycles. The minimum Gasteiger partial charge on any atom is -0.467 e. The number of ether oxygens (including phenoxy) is 1. The third-order valence-electron chi connectivity index (χ3n) is 1.96. The predicted molar refractivity (Wildman–Crippen MR) is 52.7 cm³/mol. The summed E-state index contributed by atoms with van der Waals surface area (Å²) in [6, 6.07) is 0.208. The van der Waals surface area contributed by atoms with Gasteiger partial charge in [-0.05, 0) is 0 Å². The molecule has 0 radical (unpaired) electrons. The molecule has 0 aliphatic heterocycles. The highest BCUT2D eigenvalue weighted by Crippen LogP contribution is 2.13. The summed E-state index contributed by atoms with van der Waals surface area (Å²) in [4.78, 5) is 11.9. The van der Waals surface area contributed by atoms with Gasteiger partial charge in [0.2, 0.25) is 11.9 Å². The van der Waals surface area contributed by atoms with E-state index in [0.29, 0.717) is 5.78 Å². The second-order valence-corrected chi connectivity index (χ2v) is 2.96. The average Bonchev–Trinajstić information content (AvgIpc) is 2.78. The molecule has 0 saturated carbocycles. The van der Waals surface area contributed by atoms with Crippen LogP contribution in [0.3, 0.4) is 0 Å². The van der Waals surface area contributed by atoms with Crippen LogP contribution in [-0.4, -0.2) is 41.3 Å². The summed E-state index contributed by atoms with van der Waals surface area (Å²) >= 11 is 0. The van der Waals surface area contributed by atoms with E-state index in [0.717, 1.165) is 0 Å². The molecule has 10 heteroatoms. The van der Waals surface area contributed by atoms with Crippen LogP contribution in [0.15, 0.2) is 0 Å². The lowest BCUT2D eigenvalue weighted by Gasteiger charge is -2.00. The molecular weight excluding hydrogens is 214 g/mol. The van der Waals surface area contributed by atoms with Crippen LogP contribution in [0.4, 0.5) is 11.9 Å². The lowest BCUT2D eigenvalue weighted by molar-refractivity contribution is 0.366. The number of anilines is 2. The Balaban J connectivity index is 2.55. The lowest BCUT2D eigenvalue weighted by atomic mass is 10.9. The largest absolute Gasteiger partial charge is 0.467 e. The van der Waals surface area contributed by atoms with Gasteiger partial charge >= 0.3 is 6.01 Å². The number of hydrogen-bond acceptors (Lipinski definition) is 8. The van der Waals surface area contributed by atoms with Gasteiger partial charge < -0.3 is 16.2 Å². The van der Waals surface area contributed by atoms with Crippen LogP contribution in [0.2, 0.25) is 0 Å². The van der Waals surface area contributed by atoms with Crippen molar-refractivity contribution in [1.29, 1.82) is 0 Å². The smallest absolute Gasteiger partial charge is 0.324 e. The van der Waals surface area contributed by atoms with Gasteiger partial charge in [0.15, 0.2) is 0 Å². The normalized spacial score (nSPS) is 11.3. The molecule has 0 unspecified atom stereocenters. The van der Waals surface area contributed by atoms with Crippen molar-refractivity contribution in [2.24, 2.45) is 0 Å². The highest BCUT2D eigenvalue weighted by Gasteiger charge is 2.15. The van der Waals surface area contributed by atoms with Crippen molar-refractivity contribution in [1.82, 2.24) is 34.2 Å². The first-order valence-corrected chi connectivity index (χ1v) is 4.27. The Kier molecular flexibility index (Phi) is 1.45. The molecule has 0 saturated heterocycles. The highest BCUT2D eigenvalue weighted by molar-refractivity contribution is 5.46. The summed E-state index contributed by atoms with van der Waals surface area (Å²) in [5.74, 6) is 0.781. The van der Waals surface area contributed by atoms with Crippen LogP contribution in [0, 0.1) is 0 Å². The Morgan fingerprint density at radius 2 is 1.69 bits per heavy atom. The monoisotopic (exact) mass is 221 g/mol. The number of nitrogen functional groups attached to an aromatic ring is 2. The van der Waals surface area contributed by atoms with Crippen LogP contribution >= 0.6 is 0 Å². The zero-order chi connectivity index (χ0) is 11.3. The molecule has 82 valence electrons. The first-order valence-electron chi connectivity index (χ1n) is 4.27. The number of hydrogen-bond donors (Lipinski definition) is 2. The standard InChI is InChI=1S/C6H7N9O/c1-16-6-11-4-9-2(7)12-14(4)5-10-3(8)13-15(5)6/h1H3,(H2,7,12)(H2,8,13). The van der Waals surface area contributed by atoms with E-state index in [1.807, 2.05) is 0 Å². The molecule has 10 nitrogen and oxygen atoms in total. The Bertz CT molecular complexity index is 682. The van der Waals surface area contributed by atoms with Crippen LogP contribution < -0.4 is 16.2 Å². The van der Waals surface area contributed by atoms with Gasteiger partial charge in [0.25, 0.3) is 11.6 Å². The highest BCUT2D eigenvalue weighted by atomic mass is 16.5. The van der Waals surface area contributed by atoms with E-state index in [1.54, 1.807) is 0 Å². The third-order valence-corrected chi connectivity index (χ3v) is 1.96. The number of aromatic nitrogens is 7. The second-order valence-electron chi connectivity index (χ2n) is 2.96. The maximum atomic E-state index is 5.49. The molecule has 0 aromatic carbocycles. The number of rotatable bonds is 1. The van der Waals surface area contributed by atoms with Gasteiger partial charge in [-0.1, -0.05) is 0 Å². The van der Waals surface area contributed by atoms with E-state index < -0.39 is 0 Å². The fourth-order valence-electron chi connectivity index (χ4n) is 1.38. The summed E-state index contributed by atoms with van der Waals surface area (Å²) in [6.45, 7) is 0.